The van der Waals surface area contributed by atoms with E-state index in [4.69, 9.17) is 0 Å². The lowest BCUT2D eigenvalue weighted by Crippen LogP contribution is -2.40. The first-order chi connectivity index (χ1) is 11.5. The van der Waals surface area contributed by atoms with Crippen LogP contribution in [-0.4, -0.2) is 53.3 Å². The number of carbonyl (C=O) groups is 2. The fourth-order valence-corrected chi connectivity index (χ4v) is 3.06. The fraction of sp³-hybridized carbons (Fsp3) is 0.579. The number of carbonyl (C=O) groups excluding carboxylic acids is 2. The molecule has 132 valence electrons. The monoisotopic (exact) mass is 331 g/mol. The molecule has 1 aliphatic rings. The second kappa shape index (κ2) is 8.83. The van der Waals surface area contributed by atoms with Gasteiger partial charge in [-0.3, -0.25) is 14.5 Å². The number of hydrogen-bond acceptors (Lipinski definition) is 3. The van der Waals surface area contributed by atoms with Crippen LogP contribution in [0.5, 0.6) is 0 Å². The second-order valence-electron chi connectivity index (χ2n) is 6.82. The van der Waals surface area contributed by atoms with E-state index in [1.54, 1.807) is 11.8 Å². The third kappa shape index (κ3) is 5.64. The van der Waals surface area contributed by atoms with Gasteiger partial charge in [-0.15, -0.1) is 0 Å². The van der Waals surface area contributed by atoms with Crippen LogP contribution in [0.3, 0.4) is 0 Å². The minimum absolute atomic E-state index is 0.00139. The molecule has 1 fully saturated rings. The first-order valence-electron chi connectivity index (χ1n) is 8.78. The minimum Gasteiger partial charge on any atom is -0.352 e. The van der Waals surface area contributed by atoms with Crippen LogP contribution in [0.1, 0.15) is 39.2 Å². The summed E-state index contributed by atoms with van der Waals surface area (Å²) in [5, 5.41) is 3.10. The Kier molecular flexibility index (Phi) is 6.79. The molecule has 1 saturated heterocycles. The SMILES string of the molecule is CC(=O)N(CCC(=O)NC1CCN(C(C)C)C1)Cc1ccccc1. The van der Waals surface area contributed by atoms with E-state index in [-0.39, 0.29) is 17.9 Å². The van der Waals surface area contributed by atoms with Crippen LogP contribution in [0.2, 0.25) is 0 Å². The van der Waals surface area contributed by atoms with Crippen LogP contribution in [0, 0.1) is 0 Å². The van der Waals surface area contributed by atoms with Gasteiger partial charge in [-0.05, 0) is 25.8 Å². The maximum atomic E-state index is 12.2. The van der Waals surface area contributed by atoms with Crippen LogP contribution in [0.15, 0.2) is 30.3 Å². The Hall–Kier alpha value is -1.88. The maximum absolute atomic E-state index is 12.2. The Labute approximate surface area is 145 Å². The van der Waals surface area contributed by atoms with E-state index in [9.17, 15) is 9.59 Å². The maximum Gasteiger partial charge on any atom is 0.222 e. The number of hydrogen-bond donors (Lipinski definition) is 1. The number of amides is 2. The summed E-state index contributed by atoms with van der Waals surface area (Å²) in [5.41, 5.74) is 1.08. The molecular weight excluding hydrogens is 302 g/mol. The van der Waals surface area contributed by atoms with E-state index < -0.39 is 0 Å². The Morgan fingerprint density at radius 1 is 1.29 bits per heavy atom. The van der Waals surface area contributed by atoms with Crippen LogP contribution in [-0.2, 0) is 16.1 Å². The van der Waals surface area contributed by atoms with Gasteiger partial charge in [0, 0.05) is 51.6 Å². The average Bonchev–Trinajstić information content (AvgIpc) is 3.01. The highest BCUT2D eigenvalue weighted by atomic mass is 16.2. The van der Waals surface area contributed by atoms with Gasteiger partial charge in [-0.2, -0.15) is 0 Å². The number of nitrogens with one attached hydrogen (secondary N) is 1. The molecule has 1 unspecified atom stereocenters. The molecule has 1 aromatic rings. The molecule has 1 aliphatic heterocycles. The van der Waals surface area contributed by atoms with E-state index in [1.807, 2.05) is 30.3 Å². The first kappa shape index (κ1) is 18.5. The molecule has 1 N–H and O–H groups in total. The summed E-state index contributed by atoms with van der Waals surface area (Å²) >= 11 is 0. The number of benzene rings is 1. The Morgan fingerprint density at radius 3 is 2.58 bits per heavy atom. The summed E-state index contributed by atoms with van der Waals surface area (Å²) in [6, 6.07) is 10.6. The predicted octanol–water partition coefficient (Wildman–Crippen LogP) is 2.02. The standard InChI is InChI=1S/C19H29N3O2/c1-15(2)21-11-9-18(14-21)20-19(24)10-12-22(16(3)23)13-17-7-5-4-6-8-17/h4-8,15,18H,9-14H2,1-3H3,(H,20,24). The van der Waals surface area contributed by atoms with E-state index in [0.29, 0.717) is 25.6 Å². The van der Waals surface area contributed by atoms with E-state index in [0.717, 1.165) is 25.1 Å². The summed E-state index contributed by atoms with van der Waals surface area (Å²) in [4.78, 5) is 28.1. The Morgan fingerprint density at radius 2 is 2.00 bits per heavy atom. The van der Waals surface area contributed by atoms with Gasteiger partial charge in [-0.25, -0.2) is 0 Å². The van der Waals surface area contributed by atoms with Crippen LogP contribution in [0.25, 0.3) is 0 Å². The zero-order valence-electron chi connectivity index (χ0n) is 15.0. The van der Waals surface area contributed by atoms with Crippen molar-refractivity contribution in [3.63, 3.8) is 0 Å². The van der Waals surface area contributed by atoms with Crippen LogP contribution in [0.4, 0.5) is 0 Å². The molecule has 1 atom stereocenters. The van der Waals surface area contributed by atoms with Gasteiger partial charge in [0.05, 0.1) is 0 Å². The number of rotatable bonds is 7. The third-order valence-electron chi connectivity index (χ3n) is 4.59. The van der Waals surface area contributed by atoms with Gasteiger partial charge in [-0.1, -0.05) is 30.3 Å². The molecule has 0 bridgehead atoms. The van der Waals surface area contributed by atoms with Gasteiger partial charge in [0.2, 0.25) is 11.8 Å². The predicted molar refractivity (Wildman–Crippen MR) is 95.4 cm³/mol. The molecule has 0 aliphatic carbocycles. The van der Waals surface area contributed by atoms with Gasteiger partial charge in [0.25, 0.3) is 0 Å². The molecular formula is C19H29N3O2. The molecule has 5 nitrogen and oxygen atoms in total. The van der Waals surface area contributed by atoms with Gasteiger partial charge >= 0.3 is 0 Å². The first-order valence-corrected chi connectivity index (χ1v) is 8.78. The van der Waals surface area contributed by atoms with Gasteiger partial charge < -0.3 is 10.2 Å². The van der Waals surface area contributed by atoms with E-state index in [1.165, 1.54) is 0 Å². The summed E-state index contributed by atoms with van der Waals surface area (Å²) < 4.78 is 0. The van der Waals surface area contributed by atoms with Crippen molar-refractivity contribution in [1.29, 1.82) is 0 Å². The summed E-state index contributed by atoms with van der Waals surface area (Å²) in [7, 11) is 0. The molecule has 1 aromatic carbocycles. The molecule has 5 heteroatoms. The highest BCUT2D eigenvalue weighted by Gasteiger charge is 2.25. The lowest BCUT2D eigenvalue weighted by molar-refractivity contribution is -0.130. The topological polar surface area (TPSA) is 52.7 Å². The summed E-state index contributed by atoms with van der Waals surface area (Å²) in [6.07, 6.45) is 1.36. The Balaban J connectivity index is 1.77. The summed E-state index contributed by atoms with van der Waals surface area (Å²) in [5.74, 6) is 0.0309. The zero-order chi connectivity index (χ0) is 17.5. The van der Waals surface area contributed by atoms with Crippen LogP contribution >= 0.6 is 0 Å². The van der Waals surface area contributed by atoms with E-state index >= 15 is 0 Å². The molecule has 0 spiro atoms. The lowest BCUT2D eigenvalue weighted by atomic mass is 10.2. The van der Waals surface area contributed by atoms with Crippen molar-refractivity contribution in [2.24, 2.45) is 0 Å². The van der Waals surface area contributed by atoms with Crippen molar-refractivity contribution in [3.05, 3.63) is 35.9 Å². The van der Waals surface area contributed by atoms with Crippen LogP contribution < -0.4 is 5.32 Å². The van der Waals surface area contributed by atoms with Gasteiger partial charge in [0.1, 0.15) is 0 Å². The average molecular weight is 331 g/mol. The zero-order valence-corrected chi connectivity index (χ0v) is 15.0. The molecule has 2 amide bonds. The molecule has 0 saturated carbocycles. The van der Waals surface area contributed by atoms with Crippen molar-refractivity contribution < 1.29 is 9.59 Å². The third-order valence-corrected chi connectivity index (χ3v) is 4.59. The van der Waals surface area contributed by atoms with Crippen molar-refractivity contribution in [2.45, 2.75) is 52.2 Å². The fourth-order valence-electron chi connectivity index (χ4n) is 3.06. The Bertz CT molecular complexity index is 545. The number of likely N-dealkylation sites (tertiary alicyclic amines) is 1. The van der Waals surface area contributed by atoms with Gasteiger partial charge in [0.15, 0.2) is 0 Å². The van der Waals surface area contributed by atoms with E-state index in [2.05, 4.69) is 24.1 Å². The van der Waals surface area contributed by atoms with Crippen molar-refractivity contribution in [2.75, 3.05) is 19.6 Å². The lowest BCUT2D eigenvalue weighted by Gasteiger charge is -2.22. The molecule has 2 rings (SSSR count). The van der Waals surface area contributed by atoms with Crippen molar-refractivity contribution in [1.82, 2.24) is 15.1 Å². The van der Waals surface area contributed by atoms with Crippen molar-refractivity contribution in [3.8, 4) is 0 Å². The summed E-state index contributed by atoms with van der Waals surface area (Å²) in [6.45, 7) is 8.88. The van der Waals surface area contributed by atoms with Crippen molar-refractivity contribution >= 4 is 11.8 Å². The molecule has 24 heavy (non-hydrogen) atoms. The quantitative estimate of drug-likeness (QED) is 0.832. The smallest absolute Gasteiger partial charge is 0.222 e. The second-order valence-corrected chi connectivity index (χ2v) is 6.82. The number of nitrogens with zero attached hydrogens (tertiary/aromatic N) is 2. The normalized spacial score (nSPS) is 17.9. The molecule has 0 radical (unpaired) electrons. The molecule has 1 heterocycles. The highest BCUT2D eigenvalue weighted by Crippen LogP contribution is 2.12. The largest absolute Gasteiger partial charge is 0.352 e. The highest BCUT2D eigenvalue weighted by molar-refractivity contribution is 5.78. The molecule has 0 aromatic heterocycles. The minimum atomic E-state index is -0.00139.